The highest BCUT2D eigenvalue weighted by Crippen LogP contribution is 2.34. The van der Waals surface area contributed by atoms with E-state index < -0.39 is 5.97 Å². The molecule has 1 aliphatic rings. The van der Waals surface area contributed by atoms with Crippen LogP contribution in [0.4, 0.5) is 0 Å². The lowest BCUT2D eigenvalue weighted by atomic mass is 9.82. The molecular weight excluding hydrogens is 284 g/mol. The number of carbonyl (C=O) groups excluding carboxylic acids is 1. The van der Waals surface area contributed by atoms with E-state index >= 15 is 0 Å². The fourth-order valence-electron chi connectivity index (χ4n) is 3.16. The third-order valence-corrected chi connectivity index (χ3v) is 4.20. The molecule has 6 N–H and O–H groups in total. The molecule has 1 amide bonds. The predicted molar refractivity (Wildman–Crippen MR) is 85.1 cm³/mol. The van der Waals surface area contributed by atoms with Gasteiger partial charge in [-0.15, -0.1) is 0 Å². The first kappa shape index (κ1) is 18.0. The van der Waals surface area contributed by atoms with Crippen molar-refractivity contribution in [3.05, 3.63) is 11.6 Å². The molecule has 0 unspecified atom stereocenters. The number of carboxylic acid groups (broad SMARTS) is 1. The van der Waals surface area contributed by atoms with E-state index in [1.807, 2.05) is 0 Å². The van der Waals surface area contributed by atoms with Gasteiger partial charge in [0, 0.05) is 30.9 Å². The number of nitrogens with zero attached hydrogens (tertiary/aromatic N) is 1. The molecule has 0 spiro atoms. The monoisotopic (exact) mass is 310 g/mol. The van der Waals surface area contributed by atoms with Crippen LogP contribution in [-0.2, 0) is 9.59 Å². The SMILES string of the molecule is CCC(CC)[C@H](NC(C)=O)[C@@H]1C=C(C(=O)O)C[C@H]1N=C(N)N. The molecule has 0 saturated carbocycles. The Balaban J connectivity index is 3.17. The zero-order valence-electron chi connectivity index (χ0n) is 13.4. The molecule has 22 heavy (non-hydrogen) atoms. The van der Waals surface area contributed by atoms with Gasteiger partial charge in [-0.25, -0.2) is 9.79 Å². The largest absolute Gasteiger partial charge is 0.478 e. The van der Waals surface area contributed by atoms with E-state index in [4.69, 9.17) is 11.5 Å². The first-order valence-electron chi connectivity index (χ1n) is 7.59. The predicted octanol–water partition coefficient (Wildman–Crippen LogP) is 0.600. The number of amides is 1. The normalized spacial score (nSPS) is 22.1. The Morgan fingerprint density at radius 3 is 2.41 bits per heavy atom. The van der Waals surface area contributed by atoms with Crippen molar-refractivity contribution in [3.63, 3.8) is 0 Å². The Bertz CT molecular complexity index is 479. The average Bonchev–Trinajstić information content (AvgIpc) is 2.81. The Morgan fingerprint density at radius 1 is 1.41 bits per heavy atom. The van der Waals surface area contributed by atoms with E-state index in [0.717, 1.165) is 12.8 Å². The van der Waals surface area contributed by atoms with Gasteiger partial charge in [0.25, 0.3) is 0 Å². The van der Waals surface area contributed by atoms with Crippen molar-refractivity contribution in [1.82, 2.24) is 5.32 Å². The Kier molecular flexibility index (Phi) is 6.39. The van der Waals surface area contributed by atoms with Crippen LogP contribution in [0.2, 0.25) is 0 Å². The van der Waals surface area contributed by atoms with Gasteiger partial charge in [0.05, 0.1) is 6.04 Å². The van der Waals surface area contributed by atoms with Gasteiger partial charge >= 0.3 is 5.97 Å². The lowest BCUT2D eigenvalue weighted by Gasteiger charge is -2.32. The van der Waals surface area contributed by atoms with Gasteiger partial charge in [0.1, 0.15) is 0 Å². The summed E-state index contributed by atoms with van der Waals surface area (Å²) < 4.78 is 0. The molecule has 1 aliphatic carbocycles. The quantitative estimate of drug-likeness (QED) is 0.404. The van der Waals surface area contributed by atoms with Crippen LogP contribution in [0.25, 0.3) is 0 Å². The molecule has 0 bridgehead atoms. The maximum atomic E-state index is 11.6. The summed E-state index contributed by atoms with van der Waals surface area (Å²) in [5.74, 6) is -1.17. The molecule has 7 heteroatoms. The van der Waals surface area contributed by atoms with Gasteiger partial charge in [0.15, 0.2) is 5.96 Å². The highest BCUT2D eigenvalue weighted by Gasteiger charge is 2.38. The lowest BCUT2D eigenvalue weighted by Crippen LogP contribution is -2.46. The summed E-state index contributed by atoms with van der Waals surface area (Å²) in [6.45, 7) is 5.56. The second-order valence-corrected chi connectivity index (χ2v) is 5.70. The van der Waals surface area contributed by atoms with Gasteiger partial charge in [-0.2, -0.15) is 0 Å². The van der Waals surface area contributed by atoms with Gasteiger partial charge in [-0.1, -0.05) is 32.8 Å². The number of aliphatic carboxylic acids is 1. The first-order valence-corrected chi connectivity index (χ1v) is 7.59. The number of carboxylic acids is 1. The third kappa shape index (κ3) is 4.47. The van der Waals surface area contributed by atoms with Crippen molar-refractivity contribution in [2.24, 2.45) is 28.3 Å². The Labute approximate surface area is 130 Å². The second-order valence-electron chi connectivity index (χ2n) is 5.70. The van der Waals surface area contributed by atoms with Crippen molar-refractivity contribution in [2.45, 2.75) is 52.1 Å². The molecule has 0 radical (unpaired) electrons. The number of hydrogen-bond donors (Lipinski definition) is 4. The highest BCUT2D eigenvalue weighted by atomic mass is 16.4. The summed E-state index contributed by atoms with van der Waals surface area (Å²) in [5.41, 5.74) is 11.2. The smallest absolute Gasteiger partial charge is 0.331 e. The molecule has 124 valence electrons. The minimum Gasteiger partial charge on any atom is -0.478 e. The van der Waals surface area contributed by atoms with Crippen LogP contribution in [0, 0.1) is 11.8 Å². The molecule has 0 aromatic carbocycles. The van der Waals surface area contributed by atoms with Crippen molar-refractivity contribution in [3.8, 4) is 0 Å². The van der Waals surface area contributed by atoms with Crippen LogP contribution < -0.4 is 16.8 Å². The summed E-state index contributed by atoms with van der Waals surface area (Å²) in [5, 5.41) is 12.2. The number of rotatable bonds is 7. The standard InChI is InChI=1S/C15H26N4O3/c1-4-9(5-2)13(18-8(3)20)11-6-10(14(21)22)7-12(11)19-15(16)17/h6,9,11-13H,4-5,7H2,1-3H3,(H,18,20)(H,21,22)(H4,16,17,19)/t11-,12-,13+/m1/s1. The molecule has 0 fully saturated rings. The zero-order chi connectivity index (χ0) is 16.9. The molecule has 1 rings (SSSR count). The molecule has 0 aromatic heterocycles. The number of carbonyl (C=O) groups is 2. The van der Waals surface area contributed by atoms with Gasteiger partial charge < -0.3 is 21.9 Å². The Morgan fingerprint density at radius 2 is 2.00 bits per heavy atom. The van der Waals surface area contributed by atoms with Crippen LogP contribution in [0.3, 0.4) is 0 Å². The summed E-state index contributed by atoms with van der Waals surface area (Å²) in [6.07, 6.45) is 3.72. The second kappa shape index (κ2) is 7.82. The molecule has 0 saturated heterocycles. The number of nitrogens with two attached hydrogens (primary N) is 2. The summed E-state index contributed by atoms with van der Waals surface area (Å²) >= 11 is 0. The van der Waals surface area contributed by atoms with Crippen molar-refractivity contribution >= 4 is 17.8 Å². The van der Waals surface area contributed by atoms with Crippen molar-refractivity contribution < 1.29 is 14.7 Å². The topological polar surface area (TPSA) is 131 Å². The minimum absolute atomic E-state index is 0.0684. The molecule has 0 aliphatic heterocycles. The van der Waals surface area contributed by atoms with Crippen LogP contribution in [0.1, 0.15) is 40.0 Å². The molecule has 0 heterocycles. The van der Waals surface area contributed by atoms with Crippen LogP contribution in [0.5, 0.6) is 0 Å². The van der Waals surface area contributed by atoms with Gasteiger partial charge in [-0.05, 0) is 5.92 Å². The molecule has 7 nitrogen and oxygen atoms in total. The van der Waals surface area contributed by atoms with Crippen molar-refractivity contribution in [1.29, 1.82) is 0 Å². The summed E-state index contributed by atoms with van der Waals surface area (Å²) in [7, 11) is 0. The van der Waals surface area contributed by atoms with E-state index in [2.05, 4.69) is 24.2 Å². The maximum absolute atomic E-state index is 11.6. The van der Waals surface area contributed by atoms with Crippen molar-refractivity contribution in [2.75, 3.05) is 0 Å². The summed E-state index contributed by atoms with van der Waals surface area (Å²) in [6, 6.07) is -0.536. The number of guanidine groups is 1. The van der Waals surface area contributed by atoms with Gasteiger partial charge in [-0.3, -0.25) is 4.79 Å². The molecule has 0 aromatic rings. The third-order valence-electron chi connectivity index (χ3n) is 4.20. The molecule has 3 atom stereocenters. The van der Waals surface area contributed by atoms with Crippen LogP contribution >= 0.6 is 0 Å². The maximum Gasteiger partial charge on any atom is 0.331 e. The van der Waals surface area contributed by atoms with Crippen LogP contribution in [-0.4, -0.2) is 35.0 Å². The fraction of sp³-hybridized carbons (Fsp3) is 0.667. The van der Waals surface area contributed by atoms with Gasteiger partial charge in [0.2, 0.25) is 5.91 Å². The number of hydrogen-bond acceptors (Lipinski definition) is 3. The van der Waals surface area contributed by atoms with Crippen LogP contribution in [0.15, 0.2) is 16.6 Å². The summed E-state index contributed by atoms with van der Waals surface area (Å²) in [4.78, 5) is 27.0. The van der Waals surface area contributed by atoms with E-state index in [0.29, 0.717) is 5.57 Å². The first-order chi connectivity index (χ1) is 10.3. The van der Waals surface area contributed by atoms with E-state index in [9.17, 15) is 14.7 Å². The Hall–Kier alpha value is -2.05. The number of nitrogens with one attached hydrogen (secondary N) is 1. The number of aliphatic imine (C=N–C) groups is 1. The average molecular weight is 310 g/mol. The zero-order valence-corrected chi connectivity index (χ0v) is 13.4. The van der Waals surface area contributed by atoms with E-state index in [-0.39, 0.29) is 42.2 Å². The lowest BCUT2D eigenvalue weighted by molar-refractivity contribution is -0.132. The minimum atomic E-state index is -0.968. The highest BCUT2D eigenvalue weighted by molar-refractivity contribution is 5.87. The van der Waals surface area contributed by atoms with E-state index in [1.165, 1.54) is 6.92 Å². The molecular formula is C15H26N4O3. The van der Waals surface area contributed by atoms with E-state index in [1.54, 1.807) is 6.08 Å². The fourth-order valence-corrected chi connectivity index (χ4v) is 3.16.